The first-order valence-corrected chi connectivity index (χ1v) is 9.81. The van der Waals surface area contributed by atoms with Crippen molar-refractivity contribution >= 4 is 21.6 Å². The van der Waals surface area contributed by atoms with Gasteiger partial charge in [0.2, 0.25) is 10.0 Å². The van der Waals surface area contributed by atoms with Crippen molar-refractivity contribution in [1.29, 1.82) is 0 Å². The molecule has 0 spiro atoms. The minimum atomic E-state index is -3.70. The highest BCUT2D eigenvalue weighted by Gasteiger charge is 2.46. The lowest BCUT2D eigenvalue weighted by atomic mass is 10.1. The largest absolute Gasteiger partial charge is 0.394 e. The number of rotatable bonds is 8. The monoisotopic (exact) mass is 388 g/mol. The van der Waals surface area contributed by atoms with E-state index in [1.165, 1.54) is 24.3 Å². The fourth-order valence-electron chi connectivity index (χ4n) is 2.54. The van der Waals surface area contributed by atoms with Crippen molar-refractivity contribution in [3.63, 3.8) is 0 Å². The van der Waals surface area contributed by atoms with Crippen molar-refractivity contribution in [1.82, 2.24) is 4.72 Å². The number of sulfonamides is 1. The first-order chi connectivity index (χ1) is 12.3. The van der Waals surface area contributed by atoms with Crippen molar-refractivity contribution in [2.45, 2.75) is 49.1 Å². The van der Waals surface area contributed by atoms with Crippen LogP contribution >= 0.6 is 0 Å². The van der Waals surface area contributed by atoms with Crippen LogP contribution in [0.15, 0.2) is 29.2 Å². The van der Waals surface area contributed by atoms with Gasteiger partial charge in [-0.2, -0.15) is 0 Å². The van der Waals surface area contributed by atoms with E-state index in [-0.39, 0.29) is 10.6 Å². The van der Waals surface area contributed by atoms with Gasteiger partial charge in [-0.25, -0.2) is 13.1 Å². The van der Waals surface area contributed by atoms with Gasteiger partial charge < -0.3 is 25.4 Å². The van der Waals surface area contributed by atoms with E-state index >= 15 is 0 Å². The van der Waals surface area contributed by atoms with Crippen molar-refractivity contribution in [2.24, 2.45) is 0 Å². The van der Waals surface area contributed by atoms with E-state index < -0.39 is 47.0 Å². The highest BCUT2D eigenvalue weighted by molar-refractivity contribution is 7.89. The zero-order valence-electron chi connectivity index (χ0n) is 14.3. The summed E-state index contributed by atoms with van der Waals surface area (Å²) in [4.78, 5) is 12.2. The highest BCUT2D eigenvalue weighted by Crippen LogP contribution is 2.23. The second-order valence-electron chi connectivity index (χ2n) is 6.03. The molecule has 10 heteroatoms. The molecule has 0 unspecified atom stereocenters. The minimum absolute atomic E-state index is 0.00689. The normalized spacial score (nSPS) is 26.0. The Kier molecular flexibility index (Phi) is 7.09. The summed E-state index contributed by atoms with van der Waals surface area (Å²) in [5.41, 5.74) is 0.200. The Labute approximate surface area is 152 Å². The summed E-state index contributed by atoms with van der Waals surface area (Å²) in [6.07, 6.45) is -3.75. The van der Waals surface area contributed by atoms with Gasteiger partial charge in [0.1, 0.15) is 18.3 Å². The molecule has 1 aliphatic rings. The van der Waals surface area contributed by atoms with Crippen LogP contribution in [0.1, 0.15) is 19.8 Å². The number of hydrogen-bond donors (Lipinski definition) is 5. The molecule has 2 rings (SSSR count). The number of hydrogen-bond acceptors (Lipinski definition) is 7. The van der Waals surface area contributed by atoms with Gasteiger partial charge in [0.25, 0.3) is 5.91 Å². The van der Waals surface area contributed by atoms with Crippen LogP contribution < -0.4 is 10.0 Å². The molecule has 26 heavy (non-hydrogen) atoms. The molecule has 1 aromatic carbocycles. The maximum atomic E-state index is 12.3. The van der Waals surface area contributed by atoms with E-state index in [1.54, 1.807) is 0 Å². The lowest BCUT2D eigenvalue weighted by molar-refractivity contribution is -0.130. The molecule has 0 radical (unpaired) electrons. The number of aliphatic hydroxyl groups excluding tert-OH is 3. The Bertz CT molecular complexity index is 725. The number of ether oxygens (including phenoxy) is 1. The molecule has 0 aromatic heterocycles. The van der Waals surface area contributed by atoms with Crippen molar-refractivity contribution in [2.75, 3.05) is 18.5 Å². The SMILES string of the molecule is CCCCNS(=O)(=O)c1cccc(NC(=O)[C@@H]2O[C@H](CO)[C@@H](O)[C@H]2O)c1. The van der Waals surface area contributed by atoms with Gasteiger partial charge in [-0.15, -0.1) is 0 Å². The third-order valence-electron chi connectivity index (χ3n) is 4.04. The topological polar surface area (TPSA) is 145 Å². The lowest BCUT2D eigenvalue weighted by Gasteiger charge is -2.15. The van der Waals surface area contributed by atoms with Crippen LogP contribution in [0.3, 0.4) is 0 Å². The molecule has 1 aliphatic heterocycles. The fourth-order valence-corrected chi connectivity index (χ4v) is 3.66. The predicted octanol–water partition coefficient (Wildman–Crippen LogP) is -0.815. The molecule has 146 valence electrons. The number of benzene rings is 1. The smallest absolute Gasteiger partial charge is 0.256 e. The summed E-state index contributed by atoms with van der Waals surface area (Å²) in [6.45, 7) is 1.72. The van der Waals surface area contributed by atoms with E-state index in [1.807, 2.05) is 6.92 Å². The van der Waals surface area contributed by atoms with Gasteiger partial charge in [-0.05, 0) is 24.6 Å². The second-order valence-corrected chi connectivity index (χ2v) is 7.79. The molecule has 0 saturated carbocycles. The Balaban J connectivity index is 2.08. The number of anilines is 1. The summed E-state index contributed by atoms with van der Waals surface area (Å²) in [7, 11) is -3.70. The molecule has 1 amide bonds. The molecule has 9 nitrogen and oxygen atoms in total. The highest BCUT2D eigenvalue weighted by atomic mass is 32.2. The van der Waals surface area contributed by atoms with Gasteiger partial charge in [0, 0.05) is 12.2 Å². The lowest BCUT2D eigenvalue weighted by Crippen LogP contribution is -2.39. The van der Waals surface area contributed by atoms with Crippen LogP contribution in [0.5, 0.6) is 0 Å². The van der Waals surface area contributed by atoms with Crippen LogP contribution in [0.2, 0.25) is 0 Å². The van der Waals surface area contributed by atoms with E-state index in [9.17, 15) is 23.4 Å². The van der Waals surface area contributed by atoms with Crippen LogP contribution in [-0.2, 0) is 19.6 Å². The van der Waals surface area contributed by atoms with Crippen molar-refractivity contribution in [3.8, 4) is 0 Å². The Hall–Kier alpha value is -1.56. The number of unbranched alkanes of at least 4 members (excludes halogenated alkanes) is 1. The summed E-state index contributed by atoms with van der Waals surface area (Å²) in [5, 5.41) is 31.1. The zero-order chi connectivity index (χ0) is 19.3. The van der Waals surface area contributed by atoms with Crippen LogP contribution in [0.4, 0.5) is 5.69 Å². The molecule has 1 aromatic rings. The minimum Gasteiger partial charge on any atom is -0.394 e. The van der Waals surface area contributed by atoms with Crippen molar-refractivity contribution < 1.29 is 33.3 Å². The van der Waals surface area contributed by atoms with Gasteiger partial charge in [0.05, 0.1) is 11.5 Å². The molecule has 4 atom stereocenters. The maximum absolute atomic E-state index is 12.3. The molecule has 0 aliphatic carbocycles. The Morgan fingerprint density at radius 1 is 1.27 bits per heavy atom. The Morgan fingerprint density at radius 3 is 2.62 bits per heavy atom. The van der Waals surface area contributed by atoms with Crippen LogP contribution in [-0.4, -0.2) is 67.2 Å². The standard InChI is InChI=1S/C16H24N2O7S/c1-2-3-7-17-26(23,24)11-6-4-5-10(8-11)18-16(22)15-14(21)13(20)12(9-19)25-15/h4-6,8,12-15,17,19-21H,2-3,7,9H2,1H3,(H,18,22)/t12-,13-,14-,15-/m1/s1. The zero-order valence-corrected chi connectivity index (χ0v) is 15.1. The quantitative estimate of drug-likeness (QED) is 0.366. The molecule has 1 saturated heterocycles. The van der Waals surface area contributed by atoms with Crippen molar-refractivity contribution in [3.05, 3.63) is 24.3 Å². The summed E-state index contributed by atoms with van der Waals surface area (Å²) in [6, 6.07) is 5.65. The number of aliphatic hydroxyl groups is 3. The average Bonchev–Trinajstić information content (AvgIpc) is 2.90. The molecule has 1 heterocycles. The van der Waals surface area contributed by atoms with E-state index in [0.717, 1.165) is 6.42 Å². The van der Waals surface area contributed by atoms with E-state index in [4.69, 9.17) is 9.84 Å². The number of carbonyl (C=O) groups is 1. The average molecular weight is 388 g/mol. The van der Waals surface area contributed by atoms with Crippen LogP contribution in [0, 0.1) is 0 Å². The third-order valence-corrected chi connectivity index (χ3v) is 5.49. The maximum Gasteiger partial charge on any atom is 0.256 e. The third kappa shape index (κ3) is 4.78. The summed E-state index contributed by atoms with van der Waals surface area (Å²) >= 11 is 0. The van der Waals surface area contributed by atoms with Crippen LogP contribution in [0.25, 0.3) is 0 Å². The first kappa shape index (κ1) is 20.7. The fraction of sp³-hybridized carbons (Fsp3) is 0.562. The summed E-state index contributed by atoms with van der Waals surface area (Å²) < 4.78 is 32.1. The Morgan fingerprint density at radius 2 is 2.00 bits per heavy atom. The van der Waals surface area contributed by atoms with Gasteiger partial charge in [-0.1, -0.05) is 19.4 Å². The molecule has 1 fully saturated rings. The second kappa shape index (κ2) is 8.89. The molecule has 0 bridgehead atoms. The molecule has 5 N–H and O–H groups in total. The number of amides is 1. The molecular formula is C16H24N2O7S. The first-order valence-electron chi connectivity index (χ1n) is 8.33. The number of carbonyl (C=O) groups excluding carboxylic acids is 1. The van der Waals surface area contributed by atoms with E-state index in [0.29, 0.717) is 13.0 Å². The number of nitrogens with one attached hydrogen (secondary N) is 2. The van der Waals surface area contributed by atoms with Gasteiger partial charge >= 0.3 is 0 Å². The van der Waals surface area contributed by atoms with Gasteiger partial charge in [0.15, 0.2) is 6.10 Å². The van der Waals surface area contributed by atoms with E-state index in [2.05, 4.69) is 10.0 Å². The molecular weight excluding hydrogens is 364 g/mol. The summed E-state index contributed by atoms with van der Waals surface area (Å²) in [5.74, 6) is -0.749. The predicted molar refractivity (Wildman–Crippen MR) is 92.9 cm³/mol. The van der Waals surface area contributed by atoms with Gasteiger partial charge in [-0.3, -0.25) is 4.79 Å².